The zero-order chi connectivity index (χ0) is 12.1. The first-order valence-electron chi connectivity index (χ1n) is 8.37. The summed E-state index contributed by atoms with van der Waals surface area (Å²) in [5.41, 5.74) is 2.56. The van der Waals surface area contributed by atoms with E-state index in [4.69, 9.17) is 0 Å². The van der Waals surface area contributed by atoms with Gasteiger partial charge < -0.3 is 0 Å². The van der Waals surface area contributed by atoms with Crippen LogP contribution < -0.4 is 0 Å². The second kappa shape index (κ2) is 3.07. The molecule has 0 N–H and O–H groups in total. The third-order valence-electron chi connectivity index (χ3n) is 8.50. The molecule has 0 saturated heterocycles. The van der Waals surface area contributed by atoms with Gasteiger partial charge in [-0.05, 0) is 85.4 Å². The van der Waals surface area contributed by atoms with E-state index < -0.39 is 0 Å². The Kier molecular flexibility index (Phi) is 1.80. The SMILES string of the molecule is CC1C2CC3C4CC=C5CCC(C5)C(CC24)C13C. The summed E-state index contributed by atoms with van der Waals surface area (Å²) in [5, 5.41) is 0. The number of rotatable bonds is 0. The van der Waals surface area contributed by atoms with E-state index in [0.717, 1.165) is 46.8 Å². The maximum atomic E-state index is 2.71. The van der Waals surface area contributed by atoms with Crippen molar-refractivity contribution in [1.82, 2.24) is 0 Å². The highest BCUT2D eigenvalue weighted by molar-refractivity contribution is 5.22. The number of allylic oxidation sites excluding steroid dienone is 2. The summed E-state index contributed by atoms with van der Waals surface area (Å²) in [7, 11) is 0. The maximum Gasteiger partial charge on any atom is -0.0235 e. The quantitative estimate of drug-likeness (QED) is 0.542. The summed E-state index contributed by atoms with van der Waals surface area (Å²) in [6, 6.07) is 0. The van der Waals surface area contributed by atoms with E-state index in [0.29, 0.717) is 0 Å². The molecule has 0 spiro atoms. The van der Waals surface area contributed by atoms with E-state index in [2.05, 4.69) is 19.9 Å². The standard InChI is InChI=1S/C18H26/c1-10-14-8-17-13-6-4-11-3-5-12(7-11)16(9-15(13)14)18(10,17)2/h4,10,12-17H,3,5-9H2,1-2H3. The van der Waals surface area contributed by atoms with Gasteiger partial charge in [-0.3, -0.25) is 0 Å². The summed E-state index contributed by atoms with van der Waals surface area (Å²) in [6.45, 7) is 5.32. The summed E-state index contributed by atoms with van der Waals surface area (Å²) in [6.07, 6.45) is 11.8. The number of hydrogen-bond donors (Lipinski definition) is 0. The van der Waals surface area contributed by atoms with Gasteiger partial charge in [0.15, 0.2) is 0 Å². The molecule has 0 aliphatic heterocycles. The Morgan fingerprint density at radius 1 is 1.11 bits per heavy atom. The largest absolute Gasteiger partial charge is 0.0850 e. The summed E-state index contributed by atoms with van der Waals surface area (Å²) in [5.74, 6) is 7.58. The van der Waals surface area contributed by atoms with Crippen molar-refractivity contribution in [2.45, 2.75) is 52.4 Å². The van der Waals surface area contributed by atoms with Crippen LogP contribution in [0.1, 0.15) is 52.4 Å². The Morgan fingerprint density at radius 3 is 2.83 bits per heavy atom. The first kappa shape index (κ1) is 10.5. The highest BCUT2D eigenvalue weighted by Crippen LogP contribution is 2.75. The van der Waals surface area contributed by atoms with E-state index in [1.54, 1.807) is 12.8 Å². The molecule has 0 heteroatoms. The van der Waals surface area contributed by atoms with E-state index in [1.165, 1.54) is 25.7 Å². The molecule has 8 unspecified atom stereocenters. The van der Waals surface area contributed by atoms with Crippen molar-refractivity contribution in [2.75, 3.05) is 0 Å². The fourth-order valence-corrected chi connectivity index (χ4v) is 7.64. The summed E-state index contributed by atoms with van der Waals surface area (Å²) in [4.78, 5) is 0. The fourth-order valence-electron chi connectivity index (χ4n) is 7.64. The van der Waals surface area contributed by atoms with Gasteiger partial charge in [-0.1, -0.05) is 25.5 Å². The highest BCUT2D eigenvalue weighted by atomic mass is 14.7. The van der Waals surface area contributed by atoms with Gasteiger partial charge in [0, 0.05) is 0 Å². The number of hydrogen-bond acceptors (Lipinski definition) is 0. The Hall–Kier alpha value is -0.260. The molecule has 0 aromatic carbocycles. The van der Waals surface area contributed by atoms with Crippen LogP contribution >= 0.6 is 0 Å². The van der Waals surface area contributed by atoms with Gasteiger partial charge in [-0.2, -0.15) is 0 Å². The van der Waals surface area contributed by atoms with Crippen molar-refractivity contribution < 1.29 is 0 Å². The molecule has 0 aromatic heterocycles. The topological polar surface area (TPSA) is 0 Å². The second-order valence-corrected chi connectivity index (χ2v) is 8.43. The highest BCUT2D eigenvalue weighted by Gasteiger charge is 2.69. The van der Waals surface area contributed by atoms with Crippen LogP contribution in [0.2, 0.25) is 0 Å². The van der Waals surface area contributed by atoms with Crippen molar-refractivity contribution in [2.24, 2.45) is 46.8 Å². The van der Waals surface area contributed by atoms with E-state index in [1.807, 2.05) is 5.57 Å². The molecule has 8 bridgehead atoms. The Labute approximate surface area is 111 Å². The lowest BCUT2D eigenvalue weighted by atomic mass is 9.46. The Bertz CT molecular complexity index is 433. The molecule has 8 atom stereocenters. The molecule has 0 amide bonds. The molecule has 7 rings (SSSR count). The van der Waals surface area contributed by atoms with Crippen molar-refractivity contribution in [3.05, 3.63) is 11.6 Å². The van der Waals surface area contributed by atoms with Crippen molar-refractivity contribution in [1.29, 1.82) is 0 Å². The molecule has 5 saturated carbocycles. The Morgan fingerprint density at radius 2 is 1.94 bits per heavy atom. The van der Waals surface area contributed by atoms with Crippen LogP contribution in [0.15, 0.2) is 11.6 Å². The van der Waals surface area contributed by atoms with Gasteiger partial charge >= 0.3 is 0 Å². The maximum absolute atomic E-state index is 2.71. The molecule has 18 heavy (non-hydrogen) atoms. The minimum Gasteiger partial charge on any atom is -0.0850 e. The molecule has 0 radical (unpaired) electrons. The van der Waals surface area contributed by atoms with Gasteiger partial charge in [-0.25, -0.2) is 0 Å². The van der Waals surface area contributed by atoms with E-state index in [-0.39, 0.29) is 0 Å². The minimum absolute atomic E-state index is 0.725. The van der Waals surface area contributed by atoms with Crippen LogP contribution in [-0.4, -0.2) is 0 Å². The lowest BCUT2D eigenvalue weighted by Crippen LogP contribution is -2.53. The third-order valence-corrected chi connectivity index (χ3v) is 8.50. The molecular formula is C18H26. The minimum atomic E-state index is 0.725. The lowest BCUT2D eigenvalue weighted by Gasteiger charge is -2.59. The van der Waals surface area contributed by atoms with Crippen molar-refractivity contribution >= 4 is 0 Å². The Balaban J connectivity index is 1.69. The smallest absolute Gasteiger partial charge is 0.0235 e. The first-order chi connectivity index (χ1) is 8.69. The van der Waals surface area contributed by atoms with E-state index >= 15 is 0 Å². The second-order valence-electron chi connectivity index (χ2n) is 8.43. The van der Waals surface area contributed by atoms with Gasteiger partial charge in [0.05, 0.1) is 0 Å². The zero-order valence-electron chi connectivity index (χ0n) is 11.9. The average molecular weight is 242 g/mol. The van der Waals surface area contributed by atoms with Crippen molar-refractivity contribution in [3.8, 4) is 0 Å². The van der Waals surface area contributed by atoms with Gasteiger partial charge in [0.1, 0.15) is 0 Å². The lowest BCUT2D eigenvalue weighted by molar-refractivity contribution is -0.110. The predicted molar refractivity (Wildman–Crippen MR) is 74.0 cm³/mol. The van der Waals surface area contributed by atoms with Crippen LogP contribution in [0.25, 0.3) is 0 Å². The van der Waals surface area contributed by atoms with Crippen LogP contribution in [0.4, 0.5) is 0 Å². The molecule has 0 nitrogen and oxygen atoms in total. The fraction of sp³-hybridized carbons (Fsp3) is 0.889. The van der Waals surface area contributed by atoms with Gasteiger partial charge in [0.2, 0.25) is 0 Å². The normalized spacial score (nSPS) is 63.9. The molecule has 98 valence electrons. The van der Waals surface area contributed by atoms with E-state index in [9.17, 15) is 0 Å². The molecule has 5 fully saturated rings. The van der Waals surface area contributed by atoms with Crippen LogP contribution in [0.3, 0.4) is 0 Å². The van der Waals surface area contributed by atoms with Crippen LogP contribution in [0.5, 0.6) is 0 Å². The molecule has 0 heterocycles. The molecule has 7 aliphatic rings. The molecule has 7 aliphatic carbocycles. The summed E-state index contributed by atoms with van der Waals surface area (Å²) >= 11 is 0. The third kappa shape index (κ3) is 0.958. The monoisotopic (exact) mass is 242 g/mol. The van der Waals surface area contributed by atoms with Crippen molar-refractivity contribution in [3.63, 3.8) is 0 Å². The predicted octanol–water partition coefficient (Wildman–Crippen LogP) is 4.66. The van der Waals surface area contributed by atoms with Gasteiger partial charge in [-0.15, -0.1) is 0 Å². The van der Waals surface area contributed by atoms with Crippen LogP contribution in [0, 0.1) is 46.8 Å². The molecular weight excluding hydrogens is 216 g/mol. The average Bonchev–Trinajstić information content (AvgIpc) is 3.00. The van der Waals surface area contributed by atoms with Crippen LogP contribution in [-0.2, 0) is 0 Å². The molecule has 0 aromatic rings. The first-order valence-corrected chi connectivity index (χ1v) is 8.37. The summed E-state index contributed by atoms with van der Waals surface area (Å²) < 4.78 is 0. The van der Waals surface area contributed by atoms with Gasteiger partial charge in [0.25, 0.3) is 0 Å². The number of fused-ring (bicyclic) bond motifs is 1. The zero-order valence-corrected chi connectivity index (χ0v) is 11.9.